The summed E-state index contributed by atoms with van der Waals surface area (Å²) in [7, 11) is 0. The van der Waals surface area contributed by atoms with Gasteiger partial charge in [-0.2, -0.15) is 4.98 Å². The molecule has 0 spiro atoms. The van der Waals surface area contributed by atoms with Gasteiger partial charge in [0.25, 0.3) is 5.91 Å². The molecule has 1 fully saturated rings. The van der Waals surface area contributed by atoms with Gasteiger partial charge in [0.1, 0.15) is 6.04 Å². The Bertz CT molecular complexity index is 889. The van der Waals surface area contributed by atoms with Crippen LogP contribution in [0.15, 0.2) is 41.1 Å². The zero-order valence-corrected chi connectivity index (χ0v) is 14.2. The quantitative estimate of drug-likeness (QED) is 0.734. The third-order valence-electron chi connectivity index (χ3n) is 4.39. The van der Waals surface area contributed by atoms with Crippen LogP contribution in [0.1, 0.15) is 35.3 Å². The number of benzene rings is 1. The Morgan fingerprint density at radius 1 is 1.31 bits per heavy atom. The van der Waals surface area contributed by atoms with Gasteiger partial charge in [-0.1, -0.05) is 40.7 Å². The van der Waals surface area contributed by atoms with Crippen LogP contribution in [0.5, 0.6) is 0 Å². The molecule has 9 heteroatoms. The molecule has 1 amide bonds. The molecule has 9 nitrogen and oxygen atoms in total. The lowest BCUT2D eigenvalue weighted by atomic mass is 10.2. The van der Waals surface area contributed by atoms with Crippen LogP contribution in [0, 0.1) is 0 Å². The average Bonchev–Trinajstić information content (AvgIpc) is 3.42. The first-order valence-corrected chi connectivity index (χ1v) is 8.56. The number of hydrogen-bond acceptors (Lipinski definition) is 7. The maximum Gasteiger partial charge on any atom is 0.276 e. The Kier molecular flexibility index (Phi) is 4.44. The molecule has 1 aliphatic rings. The molecule has 3 heterocycles. The highest BCUT2D eigenvalue weighted by Gasteiger charge is 2.35. The highest BCUT2D eigenvalue weighted by atomic mass is 16.5. The monoisotopic (exact) mass is 353 g/mol. The van der Waals surface area contributed by atoms with E-state index in [0.717, 1.165) is 18.4 Å². The van der Waals surface area contributed by atoms with Gasteiger partial charge >= 0.3 is 0 Å². The minimum Gasteiger partial charge on any atom is -0.337 e. The molecule has 2 aromatic heterocycles. The van der Waals surface area contributed by atoms with Gasteiger partial charge in [-0.3, -0.25) is 9.48 Å². The van der Waals surface area contributed by atoms with E-state index in [0.29, 0.717) is 37.0 Å². The van der Waals surface area contributed by atoms with Crippen molar-refractivity contribution in [3.8, 4) is 11.4 Å². The van der Waals surface area contributed by atoms with Gasteiger partial charge in [-0.05, 0) is 12.8 Å². The Balaban J connectivity index is 1.55. The fraction of sp³-hybridized carbons (Fsp3) is 0.353. The van der Waals surface area contributed by atoms with E-state index in [1.54, 1.807) is 15.8 Å². The lowest BCUT2D eigenvalue weighted by Crippen LogP contribution is -2.31. The summed E-state index contributed by atoms with van der Waals surface area (Å²) in [5.74, 6) is 0.785. The summed E-state index contributed by atoms with van der Waals surface area (Å²) in [4.78, 5) is 19.0. The smallest absolute Gasteiger partial charge is 0.276 e. The van der Waals surface area contributed by atoms with Gasteiger partial charge in [-0.15, -0.1) is 5.10 Å². The molecule has 1 saturated heterocycles. The van der Waals surface area contributed by atoms with Gasteiger partial charge in [0.05, 0.1) is 12.7 Å². The van der Waals surface area contributed by atoms with E-state index >= 15 is 0 Å². The molecule has 4 rings (SSSR count). The topological polar surface area (TPSA) is 116 Å². The molecule has 1 atom stereocenters. The van der Waals surface area contributed by atoms with Crippen molar-refractivity contribution in [2.75, 3.05) is 13.1 Å². The number of rotatable bonds is 5. The minimum atomic E-state index is -0.243. The summed E-state index contributed by atoms with van der Waals surface area (Å²) in [6.45, 7) is 1.58. The van der Waals surface area contributed by atoms with E-state index in [-0.39, 0.29) is 11.9 Å². The van der Waals surface area contributed by atoms with Crippen molar-refractivity contribution < 1.29 is 9.32 Å². The second kappa shape index (κ2) is 7.04. The predicted octanol–water partition coefficient (Wildman–Crippen LogP) is 1.26. The van der Waals surface area contributed by atoms with E-state index < -0.39 is 0 Å². The maximum atomic E-state index is 12.8. The summed E-state index contributed by atoms with van der Waals surface area (Å²) in [5, 5.41) is 11.9. The molecule has 1 aromatic carbocycles. The van der Waals surface area contributed by atoms with Crippen LogP contribution in [0.2, 0.25) is 0 Å². The van der Waals surface area contributed by atoms with E-state index in [2.05, 4.69) is 20.5 Å². The van der Waals surface area contributed by atoms with E-state index in [9.17, 15) is 4.79 Å². The highest BCUT2D eigenvalue weighted by molar-refractivity contribution is 5.92. The van der Waals surface area contributed by atoms with Crippen molar-refractivity contribution in [2.45, 2.75) is 25.4 Å². The molecule has 134 valence electrons. The predicted molar refractivity (Wildman–Crippen MR) is 91.8 cm³/mol. The normalized spacial score (nSPS) is 17.0. The lowest BCUT2D eigenvalue weighted by Gasteiger charge is -2.20. The summed E-state index contributed by atoms with van der Waals surface area (Å²) >= 11 is 0. The van der Waals surface area contributed by atoms with Crippen LogP contribution in [-0.2, 0) is 6.54 Å². The second-order valence-electron chi connectivity index (χ2n) is 6.13. The SMILES string of the molecule is NCCn1cc(C(=O)N2CCCC2c2nc(-c3ccccc3)no2)nn1. The summed E-state index contributed by atoms with van der Waals surface area (Å²) < 4.78 is 7.02. The number of nitrogens with two attached hydrogens (primary N) is 1. The third kappa shape index (κ3) is 3.08. The van der Waals surface area contributed by atoms with E-state index in [1.165, 1.54) is 0 Å². The van der Waals surface area contributed by atoms with Crippen molar-refractivity contribution in [1.82, 2.24) is 30.0 Å². The molecular formula is C17H19N7O2. The standard InChI is InChI=1S/C17H19N7O2/c18-8-10-23-11-13(20-22-23)17(25)24-9-4-7-14(24)16-19-15(21-26-16)12-5-2-1-3-6-12/h1-3,5-6,11,14H,4,7-10,18H2. The maximum absolute atomic E-state index is 12.8. The van der Waals surface area contributed by atoms with Gasteiger partial charge in [0.2, 0.25) is 11.7 Å². The van der Waals surface area contributed by atoms with Crippen molar-refractivity contribution >= 4 is 5.91 Å². The van der Waals surface area contributed by atoms with Gasteiger partial charge in [0.15, 0.2) is 5.69 Å². The Labute approximate surface area is 149 Å². The molecule has 0 bridgehead atoms. The summed E-state index contributed by atoms with van der Waals surface area (Å²) in [6, 6.07) is 9.36. The zero-order valence-electron chi connectivity index (χ0n) is 14.2. The van der Waals surface area contributed by atoms with E-state index in [4.69, 9.17) is 10.3 Å². The number of carbonyl (C=O) groups is 1. The van der Waals surface area contributed by atoms with Crippen molar-refractivity contribution in [2.24, 2.45) is 5.73 Å². The van der Waals surface area contributed by atoms with Gasteiger partial charge in [-0.25, -0.2) is 0 Å². The minimum absolute atomic E-state index is 0.185. The molecule has 26 heavy (non-hydrogen) atoms. The fourth-order valence-electron chi connectivity index (χ4n) is 3.13. The van der Waals surface area contributed by atoms with E-state index in [1.807, 2.05) is 30.3 Å². The average molecular weight is 353 g/mol. The lowest BCUT2D eigenvalue weighted by molar-refractivity contribution is 0.0704. The molecule has 3 aromatic rings. The Morgan fingerprint density at radius 2 is 2.15 bits per heavy atom. The van der Waals surface area contributed by atoms with Crippen LogP contribution in [0.25, 0.3) is 11.4 Å². The largest absolute Gasteiger partial charge is 0.337 e. The second-order valence-corrected chi connectivity index (χ2v) is 6.13. The first-order chi connectivity index (χ1) is 12.8. The van der Waals surface area contributed by atoms with Gasteiger partial charge < -0.3 is 15.2 Å². The Hall–Kier alpha value is -3.07. The number of likely N-dealkylation sites (tertiary alicyclic amines) is 1. The summed E-state index contributed by atoms with van der Waals surface area (Å²) in [6.07, 6.45) is 3.27. The van der Waals surface area contributed by atoms with Crippen LogP contribution < -0.4 is 5.73 Å². The molecule has 0 radical (unpaired) electrons. The van der Waals surface area contributed by atoms with Gasteiger partial charge in [0, 0.05) is 18.7 Å². The number of nitrogens with zero attached hydrogens (tertiary/aromatic N) is 6. The van der Waals surface area contributed by atoms with Crippen molar-refractivity contribution in [3.63, 3.8) is 0 Å². The summed E-state index contributed by atoms with van der Waals surface area (Å²) in [5.41, 5.74) is 6.68. The first kappa shape index (κ1) is 16.4. The molecule has 1 aliphatic heterocycles. The van der Waals surface area contributed by atoms with Crippen LogP contribution in [-0.4, -0.2) is 49.0 Å². The molecule has 0 saturated carbocycles. The third-order valence-corrected chi connectivity index (χ3v) is 4.39. The molecule has 0 aliphatic carbocycles. The first-order valence-electron chi connectivity index (χ1n) is 8.56. The highest BCUT2D eigenvalue weighted by Crippen LogP contribution is 2.32. The van der Waals surface area contributed by atoms with Crippen LogP contribution in [0.3, 0.4) is 0 Å². The van der Waals surface area contributed by atoms with Crippen molar-refractivity contribution in [3.05, 3.63) is 48.1 Å². The Morgan fingerprint density at radius 3 is 2.96 bits per heavy atom. The number of hydrogen-bond donors (Lipinski definition) is 1. The number of carbonyl (C=O) groups excluding carboxylic acids is 1. The molecule has 1 unspecified atom stereocenters. The zero-order chi connectivity index (χ0) is 17.9. The van der Waals surface area contributed by atoms with Crippen LogP contribution >= 0.6 is 0 Å². The van der Waals surface area contributed by atoms with Crippen molar-refractivity contribution in [1.29, 1.82) is 0 Å². The number of amides is 1. The fourth-order valence-corrected chi connectivity index (χ4v) is 3.13. The molecular weight excluding hydrogens is 334 g/mol. The number of aromatic nitrogens is 5. The van der Waals surface area contributed by atoms with Crippen LogP contribution in [0.4, 0.5) is 0 Å². The molecule has 2 N–H and O–H groups in total.